The second kappa shape index (κ2) is 3.35. The number of aromatic nitrogens is 2. The number of rotatable bonds is 2. The van der Waals surface area contributed by atoms with Gasteiger partial charge in [0.15, 0.2) is 0 Å². The van der Waals surface area contributed by atoms with Crippen LogP contribution in [-0.4, -0.2) is 9.97 Å². The van der Waals surface area contributed by atoms with E-state index in [-0.39, 0.29) is 5.92 Å². The minimum Gasteiger partial charge on any atom is -0.341 e. The minimum absolute atomic E-state index is 0.359. The summed E-state index contributed by atoms with van der Waals surface area (Å²) in [5.74, 6) is 0.297. The molecule has 1 unspecified atom stereocenters. The van der Waals surface area contributed by atoms with Gasteiger partial charge >= 0.3 is 0 Å². The number of nitrogens with one attached hydrogen (secondary N) is 1. The quantitative estimate of drug-likeness (QED) is 0.726. The zero-order valence-electron chi connectivity index (χ0n) is 7.57. The highest BCUT2D eigenvalue weighted by molar-refractivity contribution is 5.75. The van der Waals surface area contributed by atoms with E-state index in [2.05, 4.69) is 22.6 Å². The summed E-state index contributed by atoms with van der Waals surface area (Å²) in [4.78, 5) is 7.40. The lowest BCUT2D eigenvalue weighted by molar-refractivity contribution is 0.972. The van der Waals surface area contributed by atoms with Gasteiger partial charge in [-0.25, -0.2) is 4.98 Å². The zero-order chi connectivity index (χ0) is 9.97. The highest BCUT2D eigenvalue weighted by Gasteiger charge is 2.10. The van der Waals surface area contributed by atoms with Gasteiger partial charge in [-0.3, -0.25) is 0 Å². The third-order valence-corrected chi connectivity index (χ3v) is 2.08. The first kappa shape index (κ1) is 8.52. The van der Waals surface area contributed by atoms with Crippen LogP contribution < -0.4 is 0 Å². The van der Waals surface area contributed by atoms with Crippen LogP contribution in [0.3, 0.4) is 0 Å². The van der Waals surface area contributed by atoms with E-state index in [1.807, 2.05) is 24.3 Å². The van der Waals surface area contributed by atoms with Gasteiger partial charge < -0.3 is 4.98 Å². The van der Waals surface area contributed by atoms with E-state index in [9.17, 15) is 0 Å². The Balaban J connectivity index is 2.55. The SMILES string of the molecule is C=CC(C#N)c1nc2ccccc2[nH]1. The molecule has 1 N–H and O–H groups in total. The van der Waals surface area contributed by atoms with Crippen molar-refractivity contribution in [3.05, 3.63) is 42.7 Å². The molecule has 0 bridgehead atoms. The van der Waals surface area contributed by atoms with Crippen LogP contribution >= 0.6 is 0 Å². The number of imidazole rings is 1. The van der Waals surface area contributed by atoms with Crippen molar-refractivity contribution < 1.29 is 0 Å². The maximum Gasteiger partial charge on any atom is 0.128 e. The first-order chi connectivity index (χ1) is 6.85. The maximum absolute atomic E-state index is 8.82. The van der Waals surface area contributed by atoms with E-state index in [0.29, 0.717) is 5.82 Å². The van der Waals surface area contributed by atoms with Crippen LogP contribution in [0.5, 0.6) is 0 Å². The molecule has 68 valence electrons. The Morgan fingerprint density at radius 3 is 2.93 bits per heavy atom. The van der Waals surface area contributed by atoms with Crippen LogP contribution in [-0.2, 0) is 0 Å². The smallest absolute Gasteiger partial charge is 0.128 e. The number of benzene rings is 1. The van der Waals surface area contributed by atoms with Crippen molar-refractivity contribution >= 4 is 11.0 Å². The van der Waals surface area contributed by atoms with Crippen LogP contribution in [0.25, 0.3) is 11.0 Å². The van der Waals surface area contributed by atoms with Crippen molar-refractivity contribution in [1.29, 1.82) is 5.26 Å². The van der Waals surface area contributed by atoms with Gasteiger partial charge in [0, 0.05) is 0 Å². The number of aromatic amines is 1. The molecule has 0 aliphatic rings. The molecule has 0 aliphatic heterocycles. The fourth-order valence-corrected chi connectivity index (χ4v) is 1.35. The molecule has 2 aromatic rings. The van der Waals surface area contributed by atoms with Crippen LogP contribution in [0.1, 0.15) is 11.7 Å². The van der Waals surface area contributed by atoms with Gasteiger partial charge in [0.05, 0.1) is 17.1 Å². The predicted molar refractivity (Wildman–Crippen MR) is 54.6 cm³/mol. The zero-order valence-corrected chi connectivity index (χ0v) is 7.57. The van der Waals surface area contributed by atoms with Gasteiger partial charge in [0.2, 0.25) is 0 Å². The van der Waals surface area contributed by atoms with Gasteiger partial charge in [-0.1, -0.05) is 18.2 Å². The summed E-state index contributed by atoms with van der Waals surface area (Å²) in [6.07, 6.45) is 1.58. The number of para-hydroxylation sites is 2. The highest BCUT2D eigenvalue weighted by Crippen LogP contribution is 2.17. The van der Waals surface area contributed by atoms with Gasteiger partial charge in [0.25, 0.3) is 0 Å². The molecule has 0 saturated heterocycles. The van der Waals surface area contributed by atoms with E-state index >= 15 is 0 Å². The summed E-state index contributed by atoms with van der Waals surface area (Å²) in [5, 5.41) is 8.82. The van der Waals surface area contributed by atoms with Crippen molar-refractivity contribution in [3.8, 4) is 6.07 Å². The molecule has 0 spiro atoms. The van der Waals surface area contributed by atoms with Crippen molar-refractivity contribution in [3.63, 3.8) is 0 Å². The Morgan fingerprint density at radius 2 is 2.29 bits per heavy atom. The Hall–Kier alpha value is -2.08. The molecular formula is C11H9N3. The monoisotopic (exact) mass is 183 g/mol. The number of nitriles is 1. The van der Waals surface area contributed by atoms with E-state index < -0.39 is 0 Å². The van der Waals surface area contributed by atoms with Crippen LogP contribution in [0.2, 0.25) is 0 Å². The molecule has 1 aromatic carbocycles. The molecule has 1 heterocycles. The average molecular weight is 183 g/mol. The largest absolute Gasteiger partial charge is 0.341 e. The highest BCUT2D eigenvalue weighted by atomic mass is 14.9. The molecule has 14 heavy (non-hydrogen) atoms. The van der Waals surface area contributed by atoms with Gasteiger partial charge in [0.1, 0.15) is 11.7 Å². The lowest BCUT2D eigenvalue weighted by Gasteiger charge is -1.95. The molecule has 0 fully saturated rings. The van der Waals surface area contributed by atoms with E-state index in [4.69, 9.17) is 5.26 Å². The Morgan fingerprint density at radius 1 is 1.50 bits per heavy atom. The predicted octanol–water partition coefficient (Wildman–Crippen LogP) is 2.36. The molecule has 3 nitrogen and oxygen atoms in total. The van der Waals surface area contributed by atoms with E-state index in [0.717, 1.165) is 11.0 Å². The first-order valence-electron chi connectivity index (χ1n) is 4.32. The van der Waals surface area contributed by atoms with Gasteiger partial charge in [-0.05, 0) is 12.1 Å². The van der Waals surface area contributed by atoms with Crippen LogP contribution in [0.4, 0.5) is 0 Å². The number of hydrogen-bond donors (Lipinski definition) is 1. The lowest BCUT2D eigenvalue weighted by Crippen LogP contribution is -1.92. The molecule has 0 aliphatic carbocycles. The number of fused-ring (bicyclic) bond motifs is 1. The number of allylic oxidation sites excluding steroid dienone is 1. The standard InChI is InChI=1S/C11H9N3/c1-2-8(7-12)11-13-9-5-3-4-6-10(9)14-11/h2-6,8H,1H2,(H,13,14). The summed E-state index contributed by atoms with van der Waals surface area (Å²) < 4.78 is 0. The Kier molecular flexibility index (Phi) is 2.04. The van der Waals surface area contributed by atoms with Crippen LogP contribution in [0, 0.1) is 11.3 Å². The summed E-state index contributed by atoms with van der Waals surface area (Å²) in [6, 6.07) is 9.81. The number of H-pyrrole nitrogens is 1. The fourth-order valence-electron chi connectivity index (χ4n) is 1.35. The second-order valence-electron chi connectivity index (χ2n) is 2.98. The van der Waals surface area contributed by atoms with Crippen molar-refractivity contribution in [1.82, 2.24) is 9.97 Å². The summed E-state index contributed by atoms with van der Waals surface area (Å²) >= 11 is 0. The third-order valence-electron chi connectivity index (χ3n) is 2.08. The molecule has 1 aromatic heterocycles. The van der Waals surface area contributed by atoms with E-state index in [1.165, 1.54) is 0 Å². The maximum atomic E-state index is 8.82. The number of hydrogen-bond acceptors (Lipinski definition) is 2. The van der Waals surface area contributed by atoms with Gasteiger partial charge in [-0.2, -0.15) is 5.26 Å². The number of nitrogens with zero attached hydrogens (tertiary/aromatic N) is 2. The Labute approximate surface area is 81.7 Å². The first-order valence-corrected chi connectivity index (χ1v) is 4.32. The second-order valence-corrected chi connectivity index (χ2v) is 2.98. The Bertz CT molecular complexity index is 471. The fraction of sp³-hybridized carbons (Fsp3) is 0.0909. The molecular weight excluding hydrogens is 174 g/mol. The van der Waals surface area contributed by atoms with Crippen molar-refractivity contribution in [2.24, 2.45) is 0 Å². The van der Waals surface area contributed by atoms with Crippen molar-refractivity contribution in [2.45, 2.75) is 5.92 Å². The normalized spacial score (nSPS) is 12.2. The molecule has 1 atom stereocenters. The van der Waals surface area contributed by atoms with Crippen molar-refractivity contribution in [2.75, 3.05) is 0 Å². The minimum atomic E-state index is -0.359. The molecule has 2 rings (SSSR count). The van der Waals surface area contributed by atoms with Gasteiger partial charge in [-0.15, -0.1) is 6.58 Å². The third kappa shape index (κ3) is 1.27. The molecule has 0 saturated carbocycles. The average Bonchev–Trinajstić information content (AvgIpc) is 2.63. The molecule has 3 heteroatoms. The molecule has 0 amide bonds. The summed E-state index contributed by atoms with van der Waals surface area (Å²) in [7, 11) is 0. The topological polar surface area (TPSA) is 52.5 Å². The summed E-state index contributed by atoms with van der Waals surface area (Å²) in [5.41, 5.74) is 1.83. The summed E-state index contributed by atoms with van der Waals surface area (Å²) in [6.45, 7) is 3.60. The molecule has 0 radical (unpaired) electrons. The lowest BCUT2D eigenvalue weighted by atomic mass is 10.1. The van der Waals surface area contributed by atoms with E-state index in [1.54, 1.807) is 6.08 Å². The van der Waals surface area contributed by atoms with Crippen LogP contribution in [0.15, 0.2) is 36.9 Å².